The molecule has 2 unspecified atom stereocenters. The number of aromatic carboxylic acids is 1. The van der Waals surface area contributed by atoms with E-state index in [0.717, 1.165) is 44.3 Å². The molecule has 1 amide bonds. The minimum Gasteiger partial charge on any atom is -0.478 e. The van der Waals surface area contributed by atoms with Crippen LogP contribution in [-0.2, 0) is 11.3 Å². The Kier molecular flexibility index (Phi) is 8.17. The molecule has 2 aromatic rings. The Morgan fingerprint density at radius 3 is 2.38 bits per heavy atom. The average Bonchev–Trinajstić information content (AvgIpc) is 3.04. The number of benzene rings is 1. The lowest BCUT2D eigenvalue weighted by molar-refractivity contribution is -0.137. The van der Waals surface area contributed by atoms with Crippen LogP contribution < -0.4 is 0 Å². The molecule has 0 spiro atoms. The summed E-state index contributed by atoms with van der Waals surface area (Å²) >= 11 is 0. The first kappa shape index (κ1) is 25.8. The maximum Gasteiger partial charge on any atom is 0.335 e. The highest BCUT2D eigenvalue weighted by Gasteiger charge is 2.31. The van der Waals surface area contributed by atoms with E-state index in [-0.39, 0.29) is 17.7 Å². The van der Waals surface area contributed by atoms with Crippen molar-refractivity contribution < 1.29 is 14.7 Å². The van der Waals surface area contributed by atoms with Crippen molar-refractivity contribution in [3.8, 4) is 0 Å². The number of aromatic nitrogens is 1. The molecule has 2 aliphatic heterocycles. The molecule has 5 nitrogen and oxygen atoms in total. The van der Waals surface area contributed by atoms with Gasteiger partial charge in [0.05, 0.1) is 11.5 Å². The number of carbonyl (C=O) groups excluding carboxylic acids is 1. The lowest BCUT2D eigenvalue weighted by atomic mass is 9.86. The molecule has 2 fully saturated rings. The third kappa shape index (κ3) is 5.56. The van der Waals surface area contributed by atoms with Crippen LogP contribution in [0.5, 0.6) is 0 Å². The summed E-state index contributed by atoms with van der Waals surface area (Å²) in [6, 6.07) is 5.67. The van der Waals surface area contributed by atoms with Gasteiger partial charge in [0.25, 0.3) is 0 Å². The molecule has 1 saturated carbocycles. The quantitative estimate of drug-likeness (QED) is 0.444. The van der Waals surface area contributed by atoms with Crippen LogP contribution in [0.25, 0.3) is 10.9 Å². The van der Waals surface area contributed by atoms with Crippen molar-refractivity contribution in [3.05, 3.63) is 59.3 Å². The van der Waals surface area contributed by atoms with Gasteiger partial charge >= 0.3 is 5.97 Å². The summed E-state index contributed by atoms with van der Waals surface area (Å²) in [5.41, 5.74) is 3.99. The number of allylic oxidation sites excluding steroid dienone is 4. The topological polar surface area (TPSA) is 62.5 Å². The Balaban J connectivity index is 1.68. The zero-order chi connectivity index (χ0) is 25.8. The number of hydrogen-bond donors (Lipinski definition) is 1. The zero-order valence-corrected chi connectivity index (χ0v) is 22.3. The highest BCUT2D eigenvalue weighted by atomic mass is 16.4. The molecule has 198 valence electrons. The fraction of sp³-hybridized carbons (Fsp3) is 0.562. The summed E-state index contributed by atoms with van der Waals surface area (Å²) in [4.78, 5) is 27.9. The summed E-state index contributed by atoms with van der Waals surface area (Å²) in [5, 5.41) is 11.0. The van der Waals surface area contributed by atoms with E-state index in [1.165, 1.54) is 61.6 Å². The van der Waals surface area contributed by atoms with E-state index in [1.807, 2.05) is 12.1 Å². The number of nitrogens with zero attached hydrogens (tertiary/aromatic N) is 2. The van der Waals surface area contributed by atoms with Gasteiger partial charge in [0.2, 0.25) is 5.91 Å². The predicted molar refractivity (Wildman–Crippen MR) is 149 cm³/mol. The Morgan fingerprint density at radius 2 is 1.65 bits per heavy atom. The average molecular weight is 503 g/mol. The minimum atomic E-state index is -0.900. The minimum absolute atomic E-state index is 0.113. The summed E-state index contributed by atoms with van der Waals surface area (Å²) in [6.45, 7) is 4.59. The summed E-state index contributed by atoms with van der Waals surface area (Å²) < 4.78 is 2.36. The Bertz CT molecular complexity index is 1180. The normalized spacial score (nSPS) is 25.6. The SMILES string of the molecule is CC1/C=C\C=C/CCC(C(=O)N2CCCCC2)Cn2c1c(C1CCCCCC1)c1ccc(C(=O)O)cc12. The number of carboxylic acid groups (broad SMARTS) is 1. The Morgan fingerprint density at radius 1 is 0.919 bits per heavy atom. The molecule has 5 rings (SSSR count). The summed E-state index contributed by atoms with van der Waals surface area (Å²) in [6.07, 6.45) is 21.2. The number of carbonyl (C=O) groups is 2. The smallest absolute Gasteiger partial charge is 0.335 e. The molecular formula is C32H42N2O3. The number of rotatable bonds is 3. The number of carboxylic acids is 1. The Hall–Kier alpha value is -2.82. The molecule has 1 N–H and O–H groups in total. The highest BCUT2D eigenvalue weighted by Crippen LogP contribution is 2.43. The summed E-state index contributed by atoms with van der Waals surface area (Å²) in [7, 11) is 0. The van der Waals surface area contributed by atoms with Crippen molar-refractivity contribution in [1.29, 1.82) is 0 Å². The van der Waals surface area contributed by atoms with Crippen LogP contribution in [-0.4, -0.2) is 39.5 Å². The van der Waals surface area contributed by atoms with Crippen LogP contribution in [0.4, 0.5) is 0 Å². The second-order valence-corrected chi connectivity index (χ2v) is 11.4. The van der Waals surface area contributed by atoms with Gasteiger partial charge in [0, 0.05) is 42.1 Å². The van der Waals surface area contributed by atoms with Gasteiger partial charge < -0.3 is 14.6 Å². The first-order chi connectivity index (χ1) is 18.0. The number of amides is 1. The highest BCUT2D eigenvalue weighted by molar-refractivity contribution is 5.95. The largest absolute Gasteiger partial charge is 0.478 e. The second-order valence-electron chi connectivity index (χ2n) is 11.4. The second kappa shape index (κ2) is 11.7. The third-order valence-electron chi connectivity index (χ3n) is 8.84. The van der Waals surface area contributed by atoms with Gasteiger partial charge in [-0.2, -0.15) is 0 Å². The van der Waals surface area contributed by atoms with Crippen LogP contribution in [0.1, 0.15) is 111 Å². The van der Waals surface area contributed by atoms with Gasteiger partial charge in [-0.3, -0.25) is 4.79 Å². The maximum atomic E-state index is 13.8. The van der Waals surface area contributed by atoms with Crippen molar-refractivity contribution in [2.45, 2.75) is 95.9 Å². The molecule has 1 aromatic carbocycles. The monoisotopic (exact) mass is 502 g/mol. The molecule has 3 aliphatic rings. The molecule has 3 heterocycles. The van der Waals surface area contributed by atoms with E-state index >= 15 is 0 Å². The number of hydrogen-bond acceptors (Lipinski definition) is 2. The first-order valence-corrected chi connectivity index (χ1v) is 14.6. The number of likely N-dealkylation sites (tertiary alicyclic amines) is 1. The lowest BCUT2D eigenvalue weighted by Crippen LogP contribution is -2.41. The van der Waals surface area contributed by atoms with E-state index in [1.54, 1.807) is 6.07 Å². The van der Waals surface area contributed by atoms with Gasteiger partial charge in [0.1, 0.15) is 0 Å². The van der Waals surface area contributed by atoms with E-state index in [2.05, 4.69) is 40.7 Å². The Labute approximate surface area is 221 Å². The van der Waals surface area contributed by atoms with Crippen LogP contribution in [0, 0.1) is 5.92 Å². The predicted octanol–water partition coefficient (Wildman–Crippen LogP) is 7.42. The fourth-order valence-electron chi connectivity index (χ4n) is 6.89. The van der Waals surface area contributed by atoms with Gasteiger partial charge in [-0.15, -0.1) is 0 Å². The van der Waals surface area contributed by atoms with Crippen molar-refractivity contribution >= 4 is 22.8 Å². The lowest BCUT2D eigenvalue weighted by Gasteiger charge is -2.31. The maximum absolute atomic E-state index is 13.8. The van der Waals surface area contributed by atoms with E-state index in [4.69, 9.17) is 0 Å². The molecule has 1 aromatic heterocycles. The van der Waals surface area contributed by atoms with Crippen LogP contribution in [0.2, 0.25) is 0 Å². The standard InChI is InChI=1S/C32H42N2O3/c1-23-13-7-2-3-10-16-26(31(35)33-19-11-6-12-20-33)22-34-28-21-25(32(36)37)17-18-27(28)29(30(23)34)24-14-8-4-5-9-15-24/h2-3,7,13,17-18,21,23-24,26H,4-6,8-12,14-16,19-20,22H2,1H3,(H,36,37)/b3-2-,13-7-. The van der Waals surface area contributed by atoms with Crippen molar-refractivity contribution in [2.24, 2.45) is 5.92 Å². The van der Waals surface area contributed by atoms with Crippen LogP contribution in [0.15, 0.2) is 42.5 Å². The molecule has 0 bridgehead atoms. The van der Waals surface area contributed by atoms with E-state index in [9.17, 15) is 14.7 Å². The van der Waals surface area contributed by atoms with E-state index < -0.39 is 5.97 Å². The molecule has 2 atom stereocenters. The van der Waals surface area contributed by atoms with Gasteiger partial charge in [-0.05, 0) is 68.6 Å². The van der Waals surface area contributed by atoms with Gasteiger partial charge in [0.15, 0.2) is 0 Å². The van der Waals surface area contributed by atoms with Crippen molar-refractivity contribution in [1.82, 2.24) is 9.47 Å². The fourth-order valence-corrected chi connectivity index (χ4v) is 6.89. The molecule has 37 heavy (non-hydrogen) atoms. The molecule has 0 radical (unpaired) electrons. The van der Waals surface area contributed by atoms with Crippen LogP contribution in [0.3, 0.4) is 0 Å². The van der Waals surface area contributed by atoms with Gasteiger partial charge in [-0.25, -0.2) is 4.79 Å². The molecule has 5 heteroatoms. The van der Waals surface area contributed by atoms with Crippen molar-refractivity contribution in [3.63, 3.8) is 0 Å². The molecular weight excluding hydrogens is 460 g/mol. The van der Waals surface area contributed by atoms with E-state index in [0.29, 0.717) is 18.0 Å². The van der Waals surface area contributed by atoms with Crippen LogP contribution >= 0.6 is 0 Å². The zero-order valence-electron chi connectivity index (χ0n) is 22.3. The third-order valence-corrected chi connectivity index (χ3v) is 8.84. The van der Waals surface area contributed by atoms with Crippen molar-refractivity contribution in [2.75, 3.05) is 13.1 Å². The molecule has 1 saturated heterocycles. The summed E-state index contributed by atoms with van der Waals surface area (Å²) in [5.74, 6) is -0.0932. The first-order valence-electron chi connectivity index (χ1n) is 14.6. The van der Waals surface area contributed by atoms with Gasteiger partial charge in [-0.1, -0.05) is 63.0 Å². The molecule has 1 aliphatic carbocycles. The number of fused-ring (bicyclic) bond motifs is 3. The number of piperidine rings is 1.